The molecule has 0 unspecified atom stereocenters. The van der Waals surface area contributed by atoms with Gasteiger partial charge in [0.2, 0.25) is 0 Å². The number of hydrogen-bond donors (Lipinski definition) is 1. The molecule has 0 saturated carbocycles. The number of anilines is 1. The van der Waals surface area contributed by atoms with Crippen molar-refractivity contribution < 1.29 is 4.74 Å². The first kappa shape index (κ1) is 13.5. The van der Waals surface area contributed by atoms with E-state index in [2.05, 4.69) is 15.9 Å². The number of ether oxygens (including phenoxy) is 1. The first-order valence-corrected chi connectivity index (χ1v) is 6.73. The number of benzene rings is 2. The average molecular weight is 347 g/mol. The van der Waals surface area contributed by atoms with E-state index in [0.717, 1.165) is 10.0 Å². The minimum Gasteiger partial charge on any atom is -0.488 e. The molecule has 0 aromatic heterocycles. The summed E-state index contributed by atoms with van der Waals surface area (Å²) < 4.78 is 6.47. The lowest BCUT2D eigenvalue weighted by molar-refractivity contribution is 0.304. The summed E-state index contributed by atoms with van der Waals surface area (Å²) >= 11 is 15.3. The molecule has 0 amide bonds. The van der Waals surface area contributed by atoms with Crippen LogP contribution < -0.4 is 10.5 Å². The molecule has 0 atom stereocenters. The van der Waals surface area contributed by atoms with Crippen LogP contribution in [0.25, 0.3) is 0 Å². The SMILES string of the molecule is Nc1ccc(Cl)c(COc2ccc(Cl)cc2Br)c1. The van der Waals surface area contributed by atoms with Gasteiger partial charge >= 0.3 is 0 Å². The maximum Gasteiger partial charge on any atom is 0.134 e. The van der Waals surface area contributed by atoms with Crippen molar-refractivity contribution in [3.8, 4) is 5.75 Å². The van der Waals surface area contributed by atoms with Gasteiger partial charge in [0.05, 0.1) is 4.47 Å². The second-order valence-corrected chi connectivity index (χ2v) is 5.41. The normalized spacial score (nSPS) is 10.4. The second kappa shape index (κ2) is 5.83. The topological polar surface area (TPSA) is 35.2 Å². The molecule has 0 aliphatic rings. The molecule has 0 fully saturated rings. The highest BCUT2D eigenvalue weighted by Crippen LogP contribution is 2.29. The molecule has 5 heteroatoms. The van der Waals surface area contributed by atoms with Crippen LogP contribution in [0.5, 0.6) is 5.75 Å². The van der Waals surface area contributed by atoms with E-state index >= 15 is 0 Å². The minimum atomic E-state index is 0.351. The zero-order valence-corrected chi connectivity index (χ0v) is 12.4. The Morgan fingerprint density at radius 1 is 1.11 bits per heavy atom. The summed E-state index contributed by atoms with van der Waals surface area (Å²) in [4.78, 5) is 0. The Kier molecular flexibility index (Phi) is 4.38. The predicted octanol–water partition coefficient (Wildman–Crippen LogP) is 4.92. The first-order chi connectivity index (χ1) is 8.56. The minimum absolute atomic E-state index is 0.351. The van der Waals surface area contributed by atoms with Gasteiger partial charge in [-0.05, 0) is 52.3 Å². The van der Waals surface area contributed by atoms with E-state index in [0.29, 0.717) is 28.1 Å². The van der Waals surface area contributed by atoms with Gasteiger partial charge in [0.1, 0.15) is 12.4 Å². The lowest BCUT2D eigenvalue weighted by atomic mass is 10.2. The average Bonchev–Trinajstić information content (AvgIpc) is 2.32. The fourth-order valence-corrected chi connectivity index (χ4v) is 2.42. The van der Waals surface area contributed by atoms with Gasteiger partial charge in [-0.2, -0.15) is 0 Å². The quantitative estimate of drug-likeness (QED) is 0.801. The highest BCUT2D eigenvalue weighted by Gasteiger charge is 2.05. The fraction of sp³-hybridized carbons (Fsp3) is 0.0769. The Balaban J connectivity index is 2.13. The summed E-state index contributed by atoms with van der Waals surface area (Å²) in [6.45, 7) is 0.351. The van der Waals surface area contributed by atoms with Gasteiger partial charge in [0.15, 0.2) is 0 Å². The van der Waals surface area contributed by atoms with Gasteiger partial charge in [-0.1, -0.05) is 23.2 Å². The van der Waals surface area contributed by atoms with E-state index in [1.807, 2.05) is 0 Å². The Hall–Kier alpha value is -0.900. The number of nitrogens with two attached hydrogens (primary N) is 1. The van der Waals surface area contributed by atoms with Crippen molar-refractivity contribution in [1.29, 1.82) is 0 Å². The van der Waals surface area contributed by atoms with Crippen LogP contribution in [0.1, 0.15) is 5.56 Å². The Labute approximate surface area is 124 Å². The Morgan fingerprint density at radius 2 is 1.89 bits per heavy atom. The molecule has 0 aliphatic carbocycles. The van der Waals surface area contributed by atoms with Crippen molar-refractivity contribution in [2.24, 2.45) is 0 Å². The maximum absolute atomic E-state index is 6.06. The lowest BCUT2D eigenvalue weighted by Crippen LogP contribution is -1.98. The van der Waals surface area contributed by atoms with E-state index in [4.69, 9.17) is 33.7 Å². The summed E-state index contributed by atoms with van der Waals surface area (Å²) in [5.41, 5.74) is 7.21. The number of hydrogen-bond acceptors (Lipinski definition) is 2. The predicted molar refractivity (Wildman–Crippen MR) is 79.3 cm³/mol. The molecule has 2 rings (SSSR count). The van der Waals surface area contributed by atoms with Gasteiger partial charge in [0.25, 0.3) is 0 Å². The van der Waals surface area contributed by atoms with E-state index in [9.17, 15) is 0 Å². The molecule has 2 nitrogen and oxygen atoms in total. The molecular formula is C13H10BrCl2NO. The summed E-state index contributed by atoms with van der Waals surface area (Å²) in [6.07, 6.45) is 0. The molecule has 0 bridgehead atoms. The molecule has 18 heavy (non-hydrogen) atoms. The van der Waals surface area contributed by atoms with E-state index in [1.165, 1.54) is 0 Å². The zero-order valence-electron chi connectivity index (χ0n) is 9.29. The highest BCUT2D eigenvalue weighted by molar-refractivity contribution is 9.10. The molecule has 0 saturated heterocycles. The molecule has 2 aromatic rings. The van der Waals surface area contributed by atoms with Gasteiger partial charge in [-0.25, -0.2) is 0 Å². The van der Waals surface area contributed by atoms with Crippen molar-refractivity contribution >= 4 is 44.8 Å². The summed E-state index contributed by atoms with van der Waals surface area (Å²) in [5, 5.41) is 1.28. The first-order valence-electron chi connectivity index (χ1n) is 5.18. The van der Waals surface area contributed by atoms with Crippen molar-refractivity contribution in [3.63, 3.8) is 0 Å². The highest BCUT2D eigenvalue weighted by atomic mass is 79.9. The summed E-state index contributed by atoms with van der Waals surface area (Å²) in [6, 6.07) is 10.6. The second-order valence-electron chi connectivity index (χ2n) is 3.71. The summed E-state index contributed by atoms with van der Waals surface area (Å²) in [5.74, 6) is 0.706. The van der Waals surface area contributed by atoms with Crippen molar-refractivity contribution in [2.45, 2.75) is 6.61 Å². The van der Waals surface area contributed by atoms with Gasteiger partial charge in [0, 0.05) is 21.3 Å². The van der Waals surface area contributed by atoms with Crippen LogP contribution in [0.3, 0.4) is 0 Å². The third kappa shape index (κ3) is 3.31. The van der Waals surface area contributed by atoms with Gasteiger partial charge < -0.3 is 10.5 Å². The van der Waals surface area contributed by atoms with Crippen LogP contribution in [0, 0.1) is 0 Å². The van der Waals surface area contributed by atoms with Crippen LogP contribution in [-0.4, -0.2) is 0 Å². The Morgan fingerprint density at radius 3 is 2.61 bits per heavy atom. The lowest BCUT2D eigenvalue weighted by Gasteiger charge is -2.10. The van der Waals surface area contributed by atoms with Crippen molar-refractivity contribution in [1.82, 2.24) is 0 Å². The Bertz CT molecular complexity index is 575. The van der Waals surface area contributed by atoms with Crippen LogP contribution in [0.4, 0.5) is 5.69 Å². The van der Waals surface area contributed by atoms with Gasteiger partial charge in [-0.3, -0.25) is 0 Å². The maximum atomic E-state index is 6.06. The molecule has 94 valence electrons. The van der Waals surface area contributed by atoms with Crippen molar-refractivity contribution in [2.75, 3.05) is 5.73 Å². The molecule has 0 aliphatic heterocycles. The van der Waals surface area contributed by atoms with Crippen LogP contribution in [-0.2, 0) is 6.61 Å². The molecular weight excluding hydrogens is 337 g/mol. The molecule has 2 N–H and O–H groups in total. The van der Waals surface area contributed by atoms with Crippen LogP contribution >= 0.6 is 39.1 Å². The monoisotopic (exact) mass is 345 g/mol. The molecule has 0 radical (unpaired) electrons. The van der Waals surface area contributed by atoms with Crippen LogP contribution in [0.2, 0.25) is 10.0 Å². The third-order valence-electron chi connectivity index (χ3n) is 2.35. The van der Waals surface area contributed by atoms with E-state index < -0.39 is 0 Å². The number of rotatable bonds is 3. The molecule has 2 aromatic carbocycles. The van der Waals surface area contributed by atoms with Gasteiger partial charge in [-0.15, -0.1) is 0 Å². The third-order valence-corrected chi connectivity index (χ3v) is 3.57. The summed E-state index contributed by atoms with van der Waals surface area (Å²) in [7, 11) is 0. The number of nitrogen functional groups attached to an aromatic ring is 1. The molecule has 0 heterocycles. The largest absolute Gasteiger partial charge is 0.488 e. The molecule has 0 spiro atoms. The zero-order chi connectivity index (χ0) is 13.1. The van der Waals surface area contributed by atoms with Crippen LogP contribution in [0.15, 0.2) is 40.9 Å². The standard InChI is InChI=1S/C13H10BrCl2NO/c14-11-6-9(15)1-4-13(11)18-7-8-5-10(17)2-3-12(8)16/h1-6H,7,17H2. The smallest absolute Gasteiger partial charge is 0.134 e. The van der Waals surface area contributed by atoms with E-state index in [-0.39, 0.29) is 0 Å². The van der Waals surface area contributed by atoms with E-state index in [1.54, 1.807) is 36.4 Å². The fourth-order valence-electron chi connectivity index (χ4n) is 1.45. The van der Waals surface area contributed by atoms with Crippen molar-refractivity contribution in [3.05, 3.63) is 56.5 Å². The number of halogens is 3.